The molecule has 1 aliphatic heterocycles. The van der Waals surface area contributed by atoms with Crippen LogP contribution in [0.5, 0.6) is 5.75 Å². The number of rotatable bonds is 5. The molecule has 0 atom stereocenters. The van der Waals surface area contributed by atoms with E-state index in [0.29, 0.717) is 23.3 Å². The molecule has 3 rings (SSSR count). The number of carboxylic acids is 1. The zero-order valence-corrected chi connectivity index (χ0v) is 15.3. The number of imide groups is 1. The number of aromatic carboxylic acids is 1. The summed E-state index contributed by atoms with van der Waals surface area (Å²) in [6.07, 6.45) is 1.43. The number of hydrogen-bond donors (Lipinski definition) is 3. The molecule has 0 aliphatic carbocycles. The van der Waals surface area contributed by atoms with Crippen LogP contribution < -0.4 is 5.32 Å². The Bertz CT molecular complexity index is 1020. The highest BCUT2D eigenvalue weighted by molar-refractivity contribution is 8.18. The number of anilines is 1. The Hall–Kier alpha value is -3.53. The fourth-order valence-electron chi connectivity index (χ4n) is 2.43. The van der Waals surface area contributed by atoms with Gasteiger partial charge in [-0.25, -0.2) is 4.79 Å². The highest BCUT2D eigenvalue weighted by Gasteiger charge is 2.36. The summed E-state index contributed by atoms with van der Waals surface area (Å²) in [5.74, 6) is -2.07. The number of aromatic hydroxyl groups is 1. The monoisotopic (exact) mass is 402 g/mol. The van der Waals surface area contributed by atoms with Gasteiger partial charge in [0.1, 0.15) is 29.4 Å². The number of amides is 3. The molecule has 10 heteroatoms. The van der Waals surface area contributed by atoms with Crippen molar-refractivity contribution in [1.29, 1.82) is 0 Å². The Balaban J connectivity index is 1.69. The van der Waals surface area contributed by atoms with Gasteiger partial charge in [0.25, 0.3) is 11.1 Å². The lowest BCUT2D eigenvalue weighted by Crippen LogP contribution is -2.36. The summed E-state index contributed by atoms with van der Waals surface area (Å²) in [4.78, 5) is 48.6. The summed E-state index contributed by atoms with van der Waals surface area (Å²) in [5, 5.41) is 20.3. The third-order valence-corrected chi connectivity index (χ3v) is 4.63. The van der Waals surface area contributed by atoms with Gasteiger partial charge in [-0.05, 0) is 49.0 Å². The van der Waals surface area contributed by atoms with Crippen molar-refractivity contribution in [2.75, 3.05) is 11.9 Å². The van der Waals surface area contributed by atoms with Gasteiger partial charge in [-0.2, -0.15) is 0 Å². The lowest BCUT2D eigenvalue weighted by Gasteiger charge is -2.13. The third-order valence-electron chi connectivity index (χ3n) is 3.72. The number of hydrogen-bond acceptors (Lipinski definition) is 7. The Morgan fingerprint density at radius 2 is 2.00 bits per heavy atom. The van der Waals surface area contributed by atoms with E-state index in [1.54, 1.807) is 19.1 Å². The summed E-state index contributed by atoms with van der Waals surface area (Å²) >= 11 is 0.690. The van der Waals surface area contributed by atoms with E-state index in [0.717, 1.165) is 17.0 Å². The number of aryl methyl sites for hydroxylation is 1. The minimum Gasteiger partial charge on any atom is -0.507 e. The quantitative estimate of drug-likeness (QED) is 0.513. The minimum absolute atomic E-state index is 0.105. The maximum Gasteiger partial charge on any atom is 0.339 e. The third kappa shape index (κ3) is 4.07. The summed E-state index contributed by atoms with van der Waals surface area (Å²) in [5.41, 5.74) is -0.283. The van der Waals surface area contributed by atoms with E-state index in [9.17, 15) is 24.3 Å². The van der Waals surface area contributed by atoms with Gasteiger partial charge < -0.3 is 19.9 Å². The molecule has 3 N–H and O–H groups in total. The van der Waals surface area contributed by atoms with Gasteiger partial charge in [-0.15, -0.1) is 0 Å². The van der Waals surface area contributed by atoms with Crippen LogP contribution in [0.15, 0.2) is 39.7 Å². The lowest BCUT2D eigenvalue weighted by atomic mass is 10.2. The van der Waals surface area contributed by atoms with Crippen LogP contribution in [-0.4, -0.2) is 44.7 Å². The molecule has 28 heavy (non-hydrogen) atoms. The maximum absolute atomic E-state index is 12.4. The van der Waals surface area contributed by atoms with Gasteiger partial charge in [0.15, 0.2) is 0 Å². The first kappa shape index (κ1) is 19.2. The molecule has 9 nitrogen and oxygen atoms in total. The predicted octanol–water partition coefficient (Wildman–Crippen LogP) is 2.67. The van der Waals surface area contributed by atoms with Crippen molar-refractivity contribution in [3.63, 3.8) is 0 Å². The van der Waals surface area contributed by atoms with Gasteiger partial charge in [-0.1, -0.05) is 0 Å². The molecule has 0 spiro atoms. The number of nitrogens with zero attached hydrogens (tertiary/aromatic N) is 1. The summed E-state index contributed by atoms with van der Waals surface area (Å²) in [6, 6.07) is 6.86. The van der Waals surface area contributed by atoms with E-state index in [-0.39, 0.29) is 16.2 Å². The SMILES string of the molecule is Cc1ccc(/C=C2\SC(=O)N(CC(=O)Nc3ccc(O)c(C(=O)O)c3)C2=O)o1. The number of furan rings is 1. The standard InChI is InChI=1S/C18H14N2O7S/c1-9-2-4-11(27-9)7-14-16(23)20(18(26)28-14)8-15(22)19-10-3-5-13(21)12(6-10)17(24)25/h2-7,21H,8H2,1H3,(H,19,22)(H,24,25)/b14-7-. The largest absolute Gasteiger partial charge is 0.507 e. The number of thioether (sulfide) groups is 1. The highest BCUT2D eigenvalue weighted by Crippen LogP contribution is 2.32. The Kier molecular flexibility index (Phi) is 5.23. The molecule has 0 saturated carbocycles. The first-order valence-corrected chi connectivity index (χ1v) is 8.74. The molecule has 0 radical (unpaired) electrons. The molecule has 2 aromatic rings. The van der Waals surface area contributed by atoms with Gasteiger partial charge >= 0.3 is 5.97 Å². The van der Waals surface area contributed by atoms with Crippen LogP contribution in [0.25, 0.3) is 6.08 Å². The van der Waals surface area contributed by atoms with Crippen molar-refractivity contribution in [1.82, 2.24) is 4.90 Å². The van der Waals surface area contributed by atoms with Gasteiger partial charge in [0, 0.05) is 11.8 Å². The summed E-state index contributed by atoms with van der Waals surface area (Å²) in [6.45, 7) is 1.20. The Morgan fingerprint density at radius 3 is 2.64 bits per heavy atom. The molecule has 0 bridgehead atoms. The number of benzene rings is 1. The van der Waals surface area contributed by atoms with E-state index >= 15 is 0 Å². The molecule has 2 heterocycles. The van der Waals surface area contributed by atoms with Crippen molar-refractivity contribution >= 4 is 46.5 Å². The number of nitrogens with one attached hydrogen (secondary N) is 1. The second kappa shape index (κ2) is 7.61. The molecule has 1 fully saturated rings. The van der Waals surface area contributed by atoms with Crippen molar-refractivity contribution < 1.29 is 33.8 Å². The van der Waals surface area contributed by atoms with E-state index in [2.05, 4.69) is 5.32 Å². The minimum atomic E-state index is -1.36. The topological polar surface area (TPSA) is 137 Å². The number of carbonyl (C=O) groups is 4. The second-order valence-corrected chi connectivity index (χ2v) is 6.79. The van der Waals surface area contributed by atoms with Crippen LogP contribution in [0, 0.1) is 6.92 Å². The van der Waals surface area contributed by atoms with Crippen LogP contribution in [0.3, 0.4) is 0 Å². The highest BCUT2D eigenvalue weighted by atomic mass is 32.2. The van der Waals surface area contributed by atoms with E-state index in [1.165, 1.54) is 12.1 Å². The Morgan fingerprint density at radius 1 is 1.25 bits per heavy atom. The van der Waals surface area contributed by atoms with Crippen LogP contribution in [0.2, 0.25) is 0 Å². The number of carboxylic acid groups (broad SMARTS) is 1. The number of phenols is 1. The molecular weight excluding hydrogens is 388 g/mol. The van der Waals surface area contributed by atoms with Crippen LogP contribution in [-0.2, 0) is 9.59 Å². The summed E-state index contributed by atoms with van der Waals surface area (Å²) in [7, 11) is 0. The van der Waals surface area contributed by atoms with E-state index < -0.39 is 35.3 Å². The predicted molar refractivity (Wildman–Crippen MR) is 99.8 cm³/mol. The zero-order chi connectivity index (χ0) is 20.4. The first-order chi connectivity index (χ1) is 13.2. The normalized spacial score (nSPS) is 15.3. The number of carbonyl (C=O) groups excluding carboxylic acids is 3. The van der Waals surface area contributed by atoms with Crippen LogP contribution >= 0.6 is 11.8 Å². The van der Waals surface area contributed by atoms with Gasteiger partial charge in [0.05, 0.1) is 4.91 Å². The fourth-order valence-corrected chi connectivity index (χ4v) is 3.24. The maximum atomic E-state index is 12.4. The van der Waals surface area contributed by atoms with Crippen LogP contribution in [0.1, 0.15) is 21.9 Å². The Labute approximate surface area is 162 Å². The van der Waals surface area contributed by atoms with Crippen molar-refractivity contribution in [2.45, 2.75) is 6.92 Å². The second-order valence-electron chi connectivity index (χ2n) is 5.80. The van der Waals surface area contributed by atoms with E-state index in [4.69, 9.17) is 9.52 Å². The lowest BCUT2D eigenvalue weighted by molar-refractivity contribution is -0.127. The van der Waals surface area contributed by atoms with Crippen molar-refractivity contribution in [3.8, 4) is 5.75 Å². The molecular formula is C18H14N2O7S. The van der Waals surface area contributed by atoms with Crippen molar-refractivity contribution in [3.05, 3.63) is 52.3 Å². The molecule has 144 valence electrons. The fraction of sp³-hybridized carbons (Fsp3) is 0.111. The molecule has 3 amide bonds. The smallest absolute Gasteiger partial charge is 0.339 e. The molecule has 0 unspecified atom stereocenters. The van der Waals surface area contributed by atoms with Gasteiger partial charge in [0.2, 0.25) is 5.91 Å². The summed E-state index contributed by atoms with van der Waals surface area (Å²) < 4.78 is 5.35. The zero-order valence-electron chi connectivity index (χ0n) is 14.5. The van der Waals surface area contributed by atoms with Gasteiger partial charge in [-0.3, -0.25) is 19.3 Å². The average molecular weight is 402 g/mol. The molecule has 1 aliphatic rings. The van der Waals surface area contributed by atoms with E-state index in [1.807, 2.05) is 0 Å². The molecule has 1 aromatic heterocycles. The molecule has 1 aromatic carbocycles. The van der Waals surface area contributed by atoms with Crippen LogP contribution in [0.4, 0.5) is 10.5 Å². The van der Waals surface area contributed by atoms with Crippen molar-refractivity contribution in [2.24, 2.45) is 0 Å². The average Bonchev–Trinajstić information content (AvgIpc) is 3.14. The first-order valence-electron chi connectivity index (χ1n) is 7.92. The molecule has 1 saturated heterocycles.